The van der Waals surface area contributed by atoms with Crippen molar-refractivity contribution in [1.29, 1.82) is 5.26 Å². The van der Waals surface area contributed by atoms with Gasteiger partial charge in [0.25, 0.3) is 0 Å². The van der Waals surface area contributed by atoms with E-state index in [4.69, 9.17) is 4.74 Å². The van der Waals surface area contributed by atoms with Crippen LogP contribution in [0.5, 0.6) is 5.88 Å². The van der Waals surface area contributed by atoms with Gasteiger partial charge in [-0.15, -0.1) is 0 Å². The fourth-order valence-electron chi connectivity index (χ4n) is 3.72. The predicted octanol–water partition coefficient (Wildman–Crippen LogP) is 3.32. The molecule has 2 aliphatic carbocycles. The van der Waals surface area contributed by atoms with E-state index in [1.807, 2.05) is 19.1 Å². The van der Waals surface area contributed by atoms with Crippen molar-refractivity contribution >= 4 is 0 Å². The SMILES string of the molecule is C/C=C1\C2C=C(C)CC1(C#N)c1ccc(OC)nc1C2. The topological polar surface area (TPSA) is 45.9 Å². The summed E-state index contributed by atoms with van der Waals surface area (Å²) in [5.74, 6) is 0.917. The van der Waals surface area contributed by atoms with E-state index >= 15 is 0 Å². The number of hydrogen-bond donors (Lipinski definition) is 0. The minimum atomic E-state index is -0.537. The van der Waals surface area contributed by atoms with Crippen LogP contribution in [0, 0.1) is 17.2 Å². The molecule has 0 aromatic carbocycles. The molecule has 2 atom stereocenters. The van der Waals surface area contributed by atoms with E-state index < -0.39 is 5.41 Å². The molecule has 0 radical (unpaired) electrons. The maximum atomic E-state index is 9.91. The normalized spacial score (nSPS) is 29.4. The monoisotopic (exact) mass is 266 g/mol. The van der Waals surface area contributed by atoms with Crippen LogP contribution in [0.2, 0.25) is 0 Å². The van der Waals surface area contributed by atoms with Gasteiger partial charge in [-0.25, -0.2) is 4.98 Å². The van der Waals surface area contributed by atoms with Gasteiger partial charge in [0.15, 0.2) is 0 Å². The largest absolute Gasteiger partial charge is 0.481 e. The minimum absolute atomic E-state index is 0.292. The number of fused-ring (bicyclic) bond motifs is 4. The van der Waals surface area contributed by atoms with Crippen LogP contribution < -0.4 is 4.74 Å². The van der Waals surface area contributed by atoms with Gasteiger partial charge in [0.1, 0.15) is 5.41 Å². The van der Waals surface area contributed by atoms with Crippen LogP contribution >= 0.6 is 0 Å². The zero-order valence-corrected chi connectivity index (χ0v) is 12.1. The highest BCUT2D eigenvalue weighted by Crippen LogP contribution is 2.51. The Morgan fingerprint density at radius 3 is 2.95 bits per heavy atom. The maximum absolute atomic E-state index is 9.91. The summed E-state index contributed by atoms with van der Waals surface area (Å²) in [4.78, 5) is 4.57. The first-order valence-electron chi connectivity index (χ1n) is 6.94. The maximum Gasteiger partial charge on any atom is 0.213 e. The second-order valence-electron chi connectivity index (χ2n) is 5.61. The smallest absolute Gasteiger partial charge is 0.213 e. The Labute approximate surface area is 119 Å². The Bertz CT molecular complexity index is 666. The van der Waals surface area contributed by atoms with Crippen LogP contribution in [0.4, 0.5) is 0 Å². The van der Waals surface area contributed by atoms with Gasteiger partial charge in [-0.05, 0) is 37.5 Å². The number of nitriles is 1. The Morgan fingerprint density at radius 1 is 1.50 bits per heavy atom. The molecule has 0 amide bonds. The number of nitrogens with zero attached hydrogens (tertiary/aromatic N) is 2. The molecule has 20 heavy (non-hydrogen) atoms. The number of ether oxygens (including phenoxy) is 1. The van der Waals surface area contributed by atoms with Crippen molar-refractivity contribution in [2.45, 2.75) is 32.1 Å². The molecule has 0 saturated carbocycles. The van der Waals surface area contributed by atoms with Crippen LogP contribution in [-0.2, 0) is 11.8 Å². The number of hydrogen-bond acceptors (Lipinski definition) is 3. The van der Waals surface area contributed by atoms with E-state index in [-0.39, 0.29) is 0 Å². The molecule has 2 unspecified atom stereocenters. The van der Waals surface area contributed by atoms with Crippen LogP contribution in [0.15, 0.2) is 35.4 Å². The summed E-state index contributed by atoms with van der Waals surface area (Å²) < 4.78 is 5.22. The summed E-state index contributed by atoms with van der Waals surface area (Å²) in [7, 11) is 1.62. The van der Waals surface area contributed by atoms with Gasteiger partial charge in [-0.2, -0.15) is 5.26 Å². The summed E-state index contributed by atoms with van der Waals surface area (Å²) in [6.07, 6.45) is 6.02. The second kappa shape index (κ2) is 4.49. The Morgan fingerprint density at radius 2 is 2.30 bits per heavy atom. The average Bonchev–Trinajstić information content (AvgIpc) is 2.45. The van der Waals surface area contributed by atoms with Crippen LogP contribution in [0.3, 0.4) is 0 Å². The predicted molar refractivity (Wildman–Crippen MR) is 77.4 cm³/mol. The van der Waals surface area contributed by atoms with E-state index in [0.29, 0.717) is 11.8 Å². The zero-order chi connectivity index (χ0) is 14.3. The lowest BCUT2D eigenvalue weighted by Gasteiger charge is -2.43. The van der Waals surface area contributed by atoms with Gasteiger partial charge in [0.2, 0.25) is 5.88 Å². The highest BCUT2D eigenvalue weighted by molar-refractivity contribution is 5.55. The molecule has 0 aliphatic heterocycles. The van der Waals surface area contributed by atoms with Gasteiger partial charge in [-0.1, -0.05) is 17.7 Å². The first-order chi connectivity index (χ1) is 9.64. The van der Waals surface area contributed by atoms with Gasteiger partial charge in [0, 0.05) is 18.4 Å². The van der Waals surface area contributed by atoms with E-state index in [9.17, 15) is 5.26 Å². The second-order valence-corrected chi connectivity index (χ2v) is 5.61. The van der Waals surface area contributed by atoms with Gasteiger partial charge in [-0.3, -0.25) is 0 Å². The third-order valence-corrected chi connectivity index (χ3v) is 4.45. The number of allylic oxidation sites excluding steroid dienone is 4. The Hall–Kier alpha value is -2.08. The zero-order valence-electron chi connectivity index (χ0n) is 12.1. The molecule has 2 bridgehead atoms. The van der Waals surface area contributed by atoms with E-state index in [1.165, 1.54) is 11.1 Å². The van der Waals surface area contributed by atoms with Gasteiger partial charge < -0.3 is 4.74 Å². The summed E-state index contributed by atoms with van der Waals surface area (Å²) in [5, 5.41) is 9.91. The average molecular weight is 266 g/mol. The van der Waals surface area contributed by atoms with E-state index in [0.717, 1.165) is 24.1 Å². The third kappa shape index (κ3) is 1.61. The number of methoxy groups -OCH3 is 1. The molecule has 3 nitrogen and oxygen atoms in total. The summed E-state index contributed by atoms with van der Waals surface area (Å²) >= 11 is 0. The molecular weight excluding hydrogens is 248 g/mol. The molecule has 1 aromatic rings. The molecule has 0 N–H and O–H groups in total. The summed E-state index contributed by atoms with van der Waals surface area (Å²) in [6.45, 7) is 4.15. The van der Waals surface area contributed by atoms with Gasteiger partial charge in [0.05, 0.1) is 18.9 Å². The molecule has 1 aromatic heterocycles. The molecule has 3 heteroatoms. The lowest BCUT2D eigenvalue weighted by atomic mass is 9.59. The number of rotatable bonds is 1. The summed E-state index contributed by atoms with van der Waals surface area (Å²) in [5.41, 5.74) is 4.04. The lowest BCUT2D eigenvalue weighted by molar-refractivity contribution is 0.390. The molecule has 2 aliphatic rings. The Balaban J connectivity index is 2.27. The molecular formula is C17H18N2O. The highest BCUT2D eigenvalue weighted by Gasteiger charge is 2.47. The van der Waals surface area contributed by atoms with Crippen molar-refractivity contribution in [1.82, 2.24) is 4.98 Å². The van der Waals surface area contributed by atoms with E-state index in [1.54, 1.807) is 7.11 Å². The molecule has 0 saturated heterocycles. The van der Waals surface area contributed by atoms with Crippen molar-refractivity contribution in [2.24, 2.45) is 5.92 Å². The fraction of sp³-hybridized carbons (Fsp3) is 0.412. The lowest BCUT2D eigenvalue weighted by Crippen LogP contribution is -2.39. The van der Waals surface area contributed by atoms with Crippen molar-refractivity contribution in [3.63, 3.8) is 0 Å². The fourth-order valence-corrected chi connectivity index (χ4v) is 3.72. The minimum Gasteiger partial charge on any atom is -0.481 e. The number of pyridine rings is 1. The van der Waals surface area contributed by atoms with Crippen LogP contribution in [0.1, 0.15) is 31.5 Å². The van der Waals surface area contributed by atoms with Crippen molar-refractivity contribution < 1.29 is 4.74 Å². The van der Waals surface area contributed by atoms with Gasteiger partial charge >= 0.3 is 0 Å². The number of aromatic nitrogens is 1. The van der Waals surface area contributed by atoms with Crippen molar-refractivity contribution in [3.8, 4) is 11.9 Å². The molecule has 0 fully saturated rings. The quantitative estimate of drug-likeness (QED) is 0.732. The highest BCUT2D eigenvalue weighted by atomic mass is 16.5. The molecule has 0 spiro atoms. The molecule has 102 valence electrons. The van der Waals surface area contributed by atoms with Crippen LogP contribution in [-0.4, -0.2) is 12.1 Å². The Kier molecular flexibility index (Phi) is 2.90. The standard InChI is InChI=1S/C17H18N2O/c1-4-13-12-7-11(2)9-17(13,10-18)14-5-6-16(20-3)19-15(14)8-12/h4-7,12H,8-9H2,1-3H3/b13-4+. The molecule has 3 rings (SSSR count). The first-order valence-corrected chi connectivity index (χ1v) is 6.94. The van der Waals surface area contributed by atoms with Crippen molar-refractivity contribution in [3.05, 3.63) is 46.7 Å². The first kappa shape index (κ1) is 12.9. The molecule has 1 heterocycles. The van der Waals surface area contributed by atoms with E-state index in [2.05, 4.69) is 30.1 Å². The van der Waals surface area contributed by atoms with Crippen molar-refractivity contribution in [2.75, 3.05) is 7.11 Å². The third-order valence-electron chi connectivity index (χ3n) is 4.45. The summed E-state index contributed by atoms with van der Waals surface area (Å²) in [6, 6.07) is 6.46. The van der Waals surface area contributed by atoms with Crippen LogP contribution in [0.25, 0.3) is 0 Å².